The predicted octanol–water partition coefficient (Wildman–Crippen LogP) is 1.93. The molecule has 6 heteroatoms. The van der Waals surface area contributed by atoms with Gasteiger partial charge in [-0.2, -0.15) is 5.26 Å². The lowest BCUT2D eigenvalue weighted by molar-refractivity contribution is 0.581. The Bertz CT molecular complexity index is 808. The summed E-state index contributed by atoms with van der Waals surface area (Å²) in [6.45, 7) is 2.08. The first kappa shape index (κ1) is 15.0. The molecule has 0 radical (unpaired) electrons. The molecule has 0 saturated carbocycles. The van der Waals surface area contributed by atoms with Crippen molar-refractivity contribution < 1.29 is 8.42 Å². The average Bonchev–Trinajstić information content (AvgIpc) is 2.46. The van der Waals surface area contributed by atoms with Crippen molar-refractivity contribution in [1.29, 1.82) is 5.26 Å². The third-order valence-electron chi connectivity index (χ3n) is 3.13. The van der Waals surface area contributed by atoms with Crippen molar-refractivity contribution in [3.8, 4) is 6.07 Å². The zero-order chi connectivity index (χ0) is 15.5. The van der Waals surface area contributed by atoms with E-state index in [0.717, 1.165) is 11.1 Å². The van der Waals surface area contributed by atoms with Gasteiger partial charge in [0.15, 0.2) is 0 Å². The molecular weight excluding hydrogens is 286 g/mol. The third-order valence-corrected chi connectivity index (χ3v) is 4.59. The average molecular weight is 301 g/mol. The van der Waals surface area contributed by atoms with Crippen molar-refractivity contribution in [2.45, 2.75) is 18.4 Å². The van der Waals surface area contributed by atoms with Crippen LogP contribution in [0.3, 0.4) is 0 Å². The monoisotopic (exact) mass is 301 g/mol. The van der Waals surface area contributed by atoms with E-state index >= 15 is 0 Å². The lowest BCUT2D eigenvalue weighted by Gasteiger charge is -2.10. The van der Waals surface area contributed by atoms with E-state index in [2.05, 4.69) is 4.72 Å². The Morgan fingerprint density at radius 3 is 2.62 bits per heavy atom. The van der Waals surface area contributed by atoms with Gasteiger partial charge in [0.1, 0.15) is 6.07 Å². The van der Waals surface area contributed by atoms with Gasteiger partial charge < -0.3 is 5.73 Å². The van der Waals surface area contributed by atoms with E-state index in [9.17, 15) is 8.42 Å². The highest BCUT2D eigenvalue weighted by molar-refractivity contribution is 7.89. The van der Waals surface area contributed by atoms with Crippen LogP contribution in [0, 0.1) is 18.3 Å². The number of nitriles is 1. The summed E-state index contributed by atoms with van der Waals surface area (Å²) in [6, 6.07) is 13.5. The van der Waals surface area contributed by atoms with Crippen LogP contribution in [0.1, 0.15) is 16.7 Å². The minimum Gasteiger partial charge on any atom is -0.399 e. The predicted molar refractivity (Wildman–Crippen MR) is 80.8 cm³/mol. The largest absolute Gasteiger partial charge is 0.399 e. The molecule has 0 amide bonds. The van der Waals surface area contributed by atoms with Crippen LogP contribution in [0.15, 0.2) is 47.4 Å². The van der Waals surface area contributed by atoms with E-state index in [4.69, 9.17) is 11.0 Å². The van der Waals surface area contributed by atoms with Gasteiger partial charge in [0.25, 0.3) is 0 Å². The van der Waals surface area contributed by atoms with E-state index in [1.807, 2.05) is 37.3 Å². The van der Waals surface area contributed by atoms with Crippen molar-refractivity contribution in [2.75, 3.05) is 5.73 Å². The van der Waals surface area contributed by atoms with Crippen LogP contribution in [0.25, 0.3) is 0 Å². The molecule has 5 nitrogen and oxygen atoms in total. The maximum Gasteiger partial charge on any atom is 0.242 e. The number of sulfonamides is 1. The second-order valence-corrected chi connectivity index (χ2v) is 6.35. The van der Waals surface area contributed by atoms with Crippen molar-refractivity contribution in [2.24, 2.45) is 0 Å². The molecule has 0 saturated heterocycles. The topological polar surface area (TPSA) is 96.0 Å². The standard InChI is InChI=1S/C15H15N3O2S/c1-11-4-2-3-5-12(11)10-18-21(19,20)15-7-6-14(17)8-13(15)9-16/h2-8,18H,10,17H2,1H3. The molecular formula is C15H15N3O2S. The molecule has 0 aliphatic rings. The van der Waals surface area contributed by atoms with E-state index < -0.39 is 10.0 Å². The van der Waals surface area contributed by atoms with E-state index in [1.165, 1.54) is 18.2 Å². The number of nitrogens with two attached hydrogens (primary N) is 1. The van der Waals surface area contributed by atoms with Crippen LogP contribution in [0.2, 0.25) is 0 Å². The molecule has 0 aliphatic carbocycles. The Morgan fingerprint density at radius 2 is 1.95 bits per heavy atom. The Balaban J connectivity index is 2.28. The van der Waals surface area contributed by atoms with Gasteiger partial charge in [-0.3, -0.25) is 0 Å². The number of aryl methyl sites for hydroxylation is 1. The van der Waals surface area contributed by atoms with Crippen LogP contribution in [-0.2, 0) is 16.6 Å². The first-order chi connectivity index (χ1) is 9.94. The van der Waals surface area contributed by atoms with Gasteiger partial charge in [-0.15, -0.1) is 0 Å². The smallest absolute Gasteiger partial charge is 0.242 e. The van der Waals surface area contributed by atoms with Gasteiger partial charge in [-0.1, -0.05) is 24.3 Å². The van der Waals surface area contributed by atoms with Crippen LogP contribution < -0.4 is 10.5 Å². The molecule has 21 heavy (non-hydrogen) atoms. The van der Waals surface area contributed by atoms with E-state index in [1.54, 1.807) is 0 Å². The highest BCUT2D eigenvalue weighted by atomic mass is 32.2. The molecule has 0 atom stereocenters. The second-order valence-electron chi connectivity index (χ2n) is 4.62. The maximum atomic E-state index is 12.3. The van der Waals surface area contributed by atoms with Crippen molar-refractivity contribution in [1.82, 2.24) is 4.72 Å². The number of nitrogen functional groups attached to an aromatic ring is 1. The number of nitrogens with zero attached hydrogens (tertiary/aromatic N) is 1. The summed E-state index contributed by atoms with van der Waals surface area (Å²) >= 11 is 0. The lowest BCUT2D eigenvalue weighted by atomic mass is 10.1. The number of hydrogen-bond acceptors (Lipinski definition) is 4. The van der Waals surface area contributed by atoms with Gasteiger partial charge in [-0.05, 0) is 36.2 Å². The Hall–Kier alpha value is -2.36. The lowest BCUT2D eigenvalue weighted by Crippen LogP contribution is -2.24. The molecule has 0 heterocycles. The van der Waals surface area contributed by atoms with Gasteiger partial charge in [-0.25, -0.2) is 13.1 Å². The molecule has 3 N–H and O–H groups in total. The first-order valence-electron chi connectivity index (χ1n) is 6.28. The van der Waals surface area contributed by atoms with Crippen molar-refractivity contribution in [3.63, 3.8) is 0 Å². The number of nitrogens with one attached hydrogen (secondary N) is 1. The fraction of sp³-hybridized carbons (Fsp3) is 0.133. The molecule has 0 aliphatic heterocycles. The summed E-state index contributed by atoms with van der Waals surface area (Å²) in [5.41, 5.74) is 7.83. The van der Waals surface area contributed by atoms with Crippen LogP contribution >= 0.6 is 0 Å². The molecule has 2 rings (SSSR count). The summed E-state index contributed by atoms with van der Waals surface area (Å²) in [4.78, 5) is -0.0622. The number of hydrogen-bond donors (Lipinski definition) is 2. The summed E-state index contributed by atoms with van der Waals surface area (Å²) in [6.07, 6.45) is 0. The van der Waals surface area contributed by atoms with E-state index in [0.29, 0.717) is 5.69 Å². The zero-order valence-electron chi connectivity index (χ0n) is 11.5. The molecule has 108 valence electrons. The minimum absolute atomic E-state index is 0.0345. The molecule has 0 bridgehead atoms. The summed E-state index contributed by atoms with van der Waals surface area (Å²) < 4.78 is 27.1. The number of benzene rings is 2. The summed E-state index contributed by atoms with van der Waals surface area (Å²) in [5, 5.41) is 9.04. The molecule has 0 unspecified atom stereocenters. The van der Waals surface area contributed by atoms with Crippen LogP contribution in [0.5, 0.6) is 0 Å². The highest BCUT2D eigenvalue weighted by Crippen LogP contribution is 2.18. The Morgan fingerprint density at radius 1 is 1.24 bits per heavy atom. The van der Waals surface area contributed by atoms with Gasteiger partial charge in [0.2, 0.25) is 10.0 Å². The van der Waals surface area contributed by atoms with Crippen molar-refractivity contribution >= 4 is 15.7 Å². The molecule has 0 spiro atoms. The van der Waals surface area contributed by atoms with E-state index in [-0.39, 0.29) is 17.0 Å². The van der Waals surface area contributed by atoms with Gasteiger partial charge >= 0.3 is 0 Å². The first-order valence-corrected chi connectivity index (χ1v) is 7.76. The maximum absolute atomic E-state index is 12.3. The molecule has 2 aromatic carbocycles. The minimum atomic E-state index is -3.76. The number of rotatable bonds is 4. The second kappa shape index (κ2) is 5.95. The highest BCUT2D eigenvalue weighted by Gasteiger charge is 2.18. The summed E-state index contributed by atoms with van der Waals surface area (Å²) in [7, 11) is -3.76. The van der Waals surface area contributed by atoms with Crippen LogP contribution in [0.4, 0.5) is 5.69 Å². The third kappa shape index (κ3) is 3.40. The zero-order valence-corrected chi connectivity index (χ0v) is 12.3. The quantitative estimate of drug-likeness (QED) is 0.843. The molecule has 2 aromatic rings. The SMILES string of the molecule is Cc1ccccc1CNS(=O)(=O)c1ccc(N)cc1C#N. The number of anilines is 1. The fourth-order valence-electron chi connectivity index (χ4n) is 1.93. The van der Waals surface area contributed by atoms with Gasteiger partial charge in [0, 0.05) is 12.2 Å². The van der Waals surface area contributed by atoms with Crippen LogP contribution in [-0.4, -0.2) is 8.42 Å². The Labute approximate surface area is 124 Å². The molecule has 0 aromatic heterocycles. The van der Waals surface area contributed by atoms with Crippen molar-refractivity contribution in [3.05, 3.63) is 59.2 Å². The van der Waals surface area contributed by atoms with Gasteiger partial charge in [0.05, 0.1) is 10.5 Å². The molecule has 0 fully saturated rings. The summed E-state index contributed by atoms with van der Waals surface area (Å²) in [5.74, 6) is 0. The Kier molecular flexibility index (Phi) is 4.26. The fourth-order valence-corrected chi connectivity index (χ4v) is 3.07. The normalized spacial score (nSPS) is 11.0.